The number of rotatable bonds is 8. The fraction of sp³-hybridized carbons (Fsp3) is 0.333. The molecule has 190 valence electrons. The summed E-state index contributed by atoms with van der Waals surface area (Å²) in [6.45, 7) is 5.46. The molecule has 0 atom stereocenters. The maximum atomic E-state index is 12.9. The zero-order valence-corrected chi connectivity index (χ0v) is 21.4. The van der Waals surface area contributed by atoms with Gasteiger partial charge in [0.25, 0.3) is 0 Å². The van der Waals surface area contributed by atoms with Crippen LogP contribution in [0.2, 0.25) is 0 Å². The molecule has 0 spiro atoms. The molecule has 0 radical (unpaired) electrons. The lowest BCUT2D eigenvalue weighted by molar-refractivity contribution is 0.427. The number of benzene rings is 2. The maximum absolute atomic E-state index is 12.9. The number of hydrogen-bond acceptors (Lipinski definition) is 6. The Bertz CT molecular complexity index is 1410. The van der Waals surface area contributed by atoms with Crippen LogP contribution >= 0.6 is 0 Å². The molecule has 3 N–H and O–H groups in total. The van der Waals surface area contributed by atoms with E-state index in [2.05, 4.69) is 21.9 Å². The fourth-order valence-electron chi connectivity index (χ4n) is 4.36. The summed E-state index contributed by atoms with van der Waals surface area (Å²) in [5.74, 6) is -0.0103. The van der Waals surface area contributed by atoms with Gasteiger partial charge in [0.15, 0.2) is 0 Å². The van der Waals surface area contributed by atoms with E-state index in [1.165, 1.54) is 10.6 Å². The minimum Gasteiger partial charge on any atom is -0.506 e. The molecule has 0 amide bonds. The highest BCUT2D eigenvalue weighted by Crippen LogP contribution is 2.26. The zero-order chi connectivity index (χ0) is 25.7. The summed E-state index contributed by atoms with van der Waals surface area (Å²) in [6, 6.07) is 13.5. The van der Waals surface area contributed by atoms with E-state index in [1.54, 1.807) is 43.5 Å². The van der Waals surface area contributed by atoms with E-state index < -0.39 is 15.7 Å². The highest BCUT2D eigenvalue weighted by Gasteiger charge is 2.21. The SMILES string of the molecule is CCC/C(=C\c1cn(-c2ccccc2O)c(=O)nc1C)c1ccc(S(=O)(=O)NC2CCNCC2)cc1. The van der Waals surface area contributed by atoms with Crippen LogP contribution in [0.1, 0.15) is 49.4 Å². The standard InChI is InChI=1S/C27H32N4O4S/c1-3-6-21(17-22-18-31(27(33)29-19(22)2)25-7-4-5-8-26(25)32)20-9-11-24(12-10-20)36(34,35)30-23-13-15-28-16-14-23/h4-5,7-12,17-18,23,28,30,32H,3,6,13-16H2,1-2H3/b21-17+. The third-order valence-electron chi connectivity index (χ3n) is 6.34. The van der Waals surface area contributed by atoms with Gasteiger partial charge < -0.3 is 10.4 Å². The van der Waals surface area contributed by atoms with Gasteiger partial charge in [0, 0.05) is 17.8 Å². The fourth-order valence-corrected chi connectivity index (χ4v) is 5.67. The number of aryl methyl sites for hydroxylation is 1. The van der Waals surface area contributed by atoms with Gasteiger partial charge in [-0.15, -0.1) is 0 Å². The number of hydrogen-bond donors (Lipinski definition) is 3. The van der Waals surface area contributed by atoms with E-state index in [0.717, 1.165) is 55.5 Å². The Kier molecular flexibility index (Phi) is 8.03. The van der Waals surface area contributed by atoms with Crippen molar-refractivity contribution >= 4 is 21.7 Å². The molecule has 1 aromatic heterocycles. The van der Waals surface area contributed by atoms with Crippen LogP contribution < -0.4 is 15.7 Å². The summed E-state index contributed by atoms with van der Waals surface area (Å²) in [5.41, 5.74) is 3.10. The minimum atomic E-state index is -3.59. The summed E-state index contributed by atoms with van der Waals surface area (Å²) >= 11 is 0. The van der Waals surface area contributed by atoms with Gasteiger partial charge in [-0.2, -0.15) is 4.98 Å². The molecule has 0 unspecified atom stereocenters. The number of sulfonamides is 1. The second kappa shape index (κ2) is 11.2. The monoisotopic (exact) mass is 508 g/mol. The molecular weight excluding hydrogens is 476 g/mol. The number of nitrogens with zero attached hydrogens (tertiary/aromatic N) is 2. The van der Waals surface area contributed by atoms with Crippen LogP contribution in [-0.2, 0) is 10.0 Å². The topological polar surface area (TPSA) is 113 Å². The lowest BCUT2D eigenvalue weighted by atomic mass is 9.99. The molecule has 0 bridgehead atoms. The summed E-state index contributed by atoms with van der Waals surface area (Å²) < 4.78 is 29.9. The molecule has 1 aliphatic heterocycles. The highest BCUT2D eigenvalue weighted by atomic mass is 32.2. The van der Waals surface area contributed by atoms with Gasteiger partial charge in [-0.1, -0.05) is 37.6 Å². The van der Waals surface area contributed by atoms with Crippen LogP contribution in [0.4, 0.5) is 0 Å². The van der Waals surface area contributed by atoms with Crippen molar-refractivity contribution in [2.45, 2.75) is 50.5 Å². The first-order valence-electron chi connectivity index (χ1n) is 12.2. The van der Waals surface area contributed by atoms with Gasteiger partial charge in [0.2, 0.25) is 10.0 Å². The van der Waals surface area contributed by atoms with E-state index in [9.17, 15) is 18.3 Å². The van der Waals surface area contributed by atoms with Crippen molar-refractivity contribution in [3.63, 3.8) is 0 Å². The number of nitrogens with one attached hydrogen (secondary N) is 2. The van der Waals surface area contributed by atoms with Crippen molar-refractivity contribution in [1.29, 1.82) is 0 Å². The minimum absolute atomic E-state index is 0.0103. The van der Waals surface area contributed by atoms with E-state index in [1.807, 2.05) is 18.2 Å². The number of aromatic hydroxyl groups is 1. The van der Waals surface area contributed by atoms with Crippen molar-refractivity contribution in [3.8, 4) is 11.4 Å². The van der Waals surface area contributed by atoms with Gasteiger partial charge in [-0.05, 0) is 80.8 Å². The molecule has 2 aromatic carbocycles. The van der Waals surface area contributed by atoms with Crippen LogP contribution in [0, 0.1) is 6.92 Å². The van der Waals surface area contributed by atoms with E-state index in [0.29, 0.717) is 11.4 Å². The summed E-state index contributed by atoms with van der Waals surface area (Å²) in [7, 11) is -3.59. The van der Waals surface area contributed by atoms with Crippen molar-refractivity contribution in [2.75, 3.05) is 13.1 Å². The molecule has 9 heteroatoms. The number of phenolic OH excluding ortho intramolecular Hbond substituents is 1. The zero-order valence-electron chi connectivity index (χ0n) is 20.6. The Morgan fingerprint density at radius 2 is 1.86 bits per heavy atom. The van der Waals surface area contributed by atoms with Gasteiger partial charge >= 0.3 is 5.69 Å². The molecule has 0 saturated carbocycles. The molecular formula is C27H32N4O4S. The second-order valence-electron chi connectivity index (χ2n) is 9.01. The molecule has 1 aliphatic rings. The van der Waals surface area contributed by atoms with Crippen molar-refractivity contribution in [3.05, 3.63) is 82.0 Å². The number of aromatic nitrogens is 2. The van der Waals surface area contributed by atoms with Crippen LogP contribution in [-0.4, -0.2) is 42.2 Å². The van der Waals surface area contributed by atoms with Crippen LogP contribution in [0.5, 0.6) is 5.75 Å². The van der Waals surface area contributed by atoms with Crippen molar-refractivity contribution in [1.82, 2.24) is 19.6 Å². The summed E-state index contributed by atoms with van der Waals surface area (Å²) in [5, 5.41) is 13.5. The average Bonchev–Trinajstić information content (AvgIpc) is 2.86. The van der Waals surface area contributed by atoms with Gasteiger partial charge in [0.05, 0.1) is 16.3 Å². The van der Waals surface area contributed by atoms with Gasteiger partial charge in [-0.25, -0.2) is 17.9 Å². The first-order valence-corrected chi connectivity index (χ1v) is 13.7. The second-order valence-corrected chi connectivity index (χ2v) is 10.7. The Morgan fingerprint density at radius 3 is 2.53 bits per heavy atom. The smallest absolute Gasteiger partial charge is 0.352 e. The highest BCUT2D eigenvalue weighted by molar-refractivity contribution is 7.89. The Labute approximate surface area is 211 Å². The number of piperidine rings is 1. The molecule has 0 aliphatic carbocycles. The van der Waals surface area contributed by atoms with E-state index in [-0.39, 0.29) is 16.7 Å². The first-order chi connectivity index (χ1) is 17.3. The summed E-state index contributed by atoms with van der Waals surface area (Å²) in [6.07, 6.45) is 6.84. The van der Waals surface area contributed by atoms with Crippen LogP contribution in [0.15, 0.2) is 64.4 Å². The van der Waals surface area contributed by atoms with E-state index >= 15 is 0 Å². The number of phenols is 1. The lowest BCUT2D eigenvalue weighted by Gasteiger charge is -2.23. The average molecular weight is 509 g/mol. The summed E-state index contributed by atoms with van der Waals surface area (Å²) in [4.78, 5) is 17.0. The van der Waals surface area contributed by atoms with Crippen molar-refractivity contribution in [2.24, 2.45) is 0 Å². The Balaban J connectivity index is 1.66. The largest absolute Gasteiger partial charge is 0.506 e. The van der Waals surface area contributed by atoms with Crippen molar-refractivity contribution < 1.29 is 13.5 Å². The molecule has 1 saturated heterocycles. The van der Waals surface area contributed by atoms with Crippen LogP contribution in [0.25, 0.3) is 17.3 Å². The van der Waals surface area contributed by atoms with Gasteiger partial charge in [-0.3, -0.25) is 4.57 Å². The quantitative estimate of drug-likeness (QED) is 0.428. The van der Waals surface area contributed by atoms with Gasteiger partial charge in [0.1, 0.15) is 5.75 Å². The molecule has 1 fully saturated rings. The third kappa shape index (κ3) is 5.92. The number of allylic oxidation sites excluding steroid dienone is 1. The predicted molar refractivity (Wildman–Crippen MR) is 142 cm³/mol. The van der Waals surface area contributed by atoms with Crippen LogP contribution in [0.3, 0.4) is 0 Å². The molecule has 4 rings (SSSR count). The normalized spacial score (nSPS) is 15.2. The predicted octanol–water partition coefficient (Wildman–Crippen LogP) is 3.62. The lowest BCUT2D eigenvalue weighted by Crippen LogP contribution is -2.42. The first kappa shape index (κ1) is 25.8. The molecule has 36 heavy (non-hydrogen) atoms. The molecule has 2 heterocycles. The Hall–Kier alpha value is -3.27. The Morgan fingerprint density at radius 1 is 1.17 bits per heavy atom. The third-order valence-corrected chi connectivity index (χ3v) is 7.88. The maximum Gasteiger partial charge on any atom is 0.352 e. The number of para-hydroxylation sites is 2. The molecule has 8 nitrogen and oxygen atoms in total. The van der Waals surface area contributed by atoms with E-state index in [4.69, 9.17) is 0 Å². The molecule has 3 aromatic rings.